The quantitative estimate of drug-likeness (QED) is 0.602. The molecule has 0 saturated carbocycles. The molecular weight excluding hydrogens is 376 g/mol. The van der Waals surface area contributed by atoms with E-state index in [9.17, 15) is 9.59 Å². The van der Waals surface area contributed by atoms with Crippen LogP contribution in [0.4, 0.5) is 0 Å². The van der Waals surface area contributed by atoms with Gasteiger partial charge in [-0.3, -0.25) is 9.78 Å². The summed E-state index contributed by atoms with van der Waals surface area (Å²) in [7, 11) is 1.66. The number of aromatic nitrogens is 1. The number of esters is 1. The van der Waals surface area contributed by atoms with E-state index in [4.69, 9.17) is 16.3 Å². The zero-order chi connectivity index (χ0) is 20.3. The van der Waals surface area contributed by atoms with Crippen molar-refractivity contribution >= 4 is 34.4 Å². The number of benzene rings is 2. The maximum atomic E-state index is 12.6. The largest absolute Gasteiger partial charge is 0.452 e. The molecule has 2 aromatic carbocycles. The van der Waals surface area contributed by atoms with E-state index in [1.165, 1.54) is 4.90 Å². The molecule has 0 N–H and O–H groups in total. The smallest absolute Gasteiger partial charge is 0.340 e. The Labute approximate surface area is 168 Å². The summed E-state index contributed by atoms with van der Waals surface area (Å²) < 4.78 is 5.29. The van der Waals surface area contributed by atoms with Gasteiger partial charge < -0.3 is 9.64 Å². The predicted octanol–water partition coefficient (Wildman–Crippen LogP) is 4.32. The number of pyridine rings is 1. The SMILES string of the molecule is Cc1nc2ccccc2c(C)c1C(=O)OCC(=O)N(C)Cc1cccc(Cl)c1. The van der Waals surface area contributed by atoms with Crippen LogP contribution >= 0.6 is 11.6 Å². The monoisotopic (exact) mass is 396 g/mol. The van der Waals surface area contributed by atoms with Crippen LogP contribution in [0, 0.1) is 13.8 Å². The molecule has 0 radical (unpaired) electrons. The molecule has 3 aromatic rings. The molecule has 0 fully saturated rings. The van der Waals surface area contributed by atoms with Crippen molar-refractivity contribution in [1.82, 2.24) is 9.88 Å². The number of carbonyl (C=O) groups excluding carboxylic acids is 2. The van der Waals surface area contributed by atoms with E-state index in [0.29, 0.717) is 22.8 Å². The van der Waals surface area contributed by atoms with Gasteiger partial charge in [0.25, 0.3) is 5.91 Å². The van der Waals surface area contributed by atoms with E-state index < -0.39 is 5.97 Å². The molecule has 1 aromatic heterocycles. The number of ether oxygens (including phenoxy) is 1. The fraction of sp³-hybridized carbons (Fsp3) is 0.227. The number of aryl methyl sites for hydroxylation is 2. The standard InChI is InChI=1S/C22H21ClN2O3/c1-14-18-9-4-5-10-19(18)24-15(2)21(14)22(27)28-13-20(26)25(3)12-16-7-6-8-17(23)11-16/h4-11H,12-13H2,1-3H3. The number of rotatable bonds is 5. The van der Waals surface area contributed by atoms with Crippen molar-refractivity contribution in [2.45, 2.75) is 20.4 Å². The number of nitrogens with zero attached hydrogens (tertiary/aromatic N) is 2. The third kappa shape index (κ3) is 4.31. The second-order valence-electron chi connectivity index (χ2n) is 6.67. The average Bonchev–Trinajstić information content (AvgIpc) is 2.66. The average molecular weight is 397 g/mol. The van der Waals surface area contributed by atoms with Gasteiger partial charge in [0.05, 0.1) is 16.8 Å². The van der Waals surface area contributed by atoms with Crippen LogP contribution in [0.15, 0.2) is 48.5 Å². The fourth-order valence-electron chi connectivity index (χ4n) is 3.14. The van der Waals surface area contributed by atoms with Gasteiger partial charge in [-0.05, 0) is 43.2 Å². The van der Waals surface area contributed by atoms with E-state index in [0.717, 1.165) is 22.0 Å². The van der Waals surface area contributed by atoms with Crippen molar-refractivity contribution in [3.63, 3.8) is 0 Å². The minimum Gasteiger partial charge on any atom is -0.452 e. The maximum absolute atomic E-state index is 12.6. The summed E-state index contributed by atoms with van der Waals surface area (Å²) in [5.41, 5.74) is 3.52. The molecule has 5 nitrogen and oxygen atoms in total. The van der Waals surface area contributed by atoms with Gasteiger partial charge in [-0.1, -0.05) is 41.9 Å². The van der Waals surface area contributed by atoms with Crippen LogP contribution in [0.25, 0.3) is 10.9 Å². The van der Waals surface area contributed by atoms with E-state index in [-0.39, 0.29) is 12.5 Å². The highest BCUT2D eigenvalue weighted by molar-refractivity contribution is 6.30. The number of likely N-dealkylation sites (N-methyl/N-ethyl adjacent to an activating group) is 1. The Morgan fingerprint density at radius 3 is 2.61 bits per heavy atom. The molecule has 0 saturated heterocycles. The summed E-state index contributed by atoms with van der Waals surface area (Å²) in [6.45, 7) is 3.68. The lowest BCUT2D eigenvalue weighted by atomic mass is 10.0. The van der Waals surface area contributed by atoms with Crippen molar-refractivity contribution in [1.29, 1.82) is 0 Å². The van der Waals surface area contributed by atoms with Crippen molar-refractivity contribution in [3.8, 4) is 0 Å². The number of amides is 1. The molecule has 1 amide bonds. The molecule has 28 heavy (non-hydrogen) atoms. The summed E-state index contributed by atoms with van der Waals surface area (Å²) >= 11 is 5.97. The van der Waals surface area contributed by atoms with Crippen LogP contribution in [0.2, 0.25) is 5.02 Å². The number of hydrogen-bond acceptors (Lipinski definition) is 4. The van der Waals surface area contributed by atoms with Crippen molar-refractivity contribution in [2.75, 3.05) is 13.7 Å². The van der Waals surface area contributed by atoms with Crippen LogP contribution < -0.4 is 0 Å². The van der Waals surface area contributed by atoms with Crippen LogP contribution in [0.3, 0.4) is 0 Å². The van der Waals surface area contributed by atoms with Crippen LogP contribution in [0.1, 0.15) is 27.2 Å². The summed E-state index contributed by atoms with van der Waals surface area (Å²) in [5.74, 6) is -0.838. The summed E-state index contributed by atoms with van der Waals surface area (Å²) in [6.07, 6.45) is 0. The van der Waals surface area contributed by atoms with Gasteiger partial charge in [-0.25, -0.2) is 4.79 Å². The minimum atomic E-state index is -0.544. The molecule has 0 aliphatic carbocycles. The number of para-hydroxylation sites is 1. The highest BCUT2D eigenvalue weighted by Crippen LogP contribution is 2.23. The molecule has 0 spiro atoms. The summed E-state index contributed by atoms with van der Waals surface area (Å²) in [4.78, 5) is 30.9. The van der Waals surface area contributed by atoms with Crippen molar-refractivity contribution < 1.29 is 14.3 Å². The van der Waals surface area contributed by atoms with Gasteiger partial charge in [0, 0.05) is 24.0 Å². The Kier molecular flexibility index (Phi) is 5.95. The highest BCUT2D eigenvalue weighted by Gasteiger charge is 2.19. The first-order chi connectivity index (χ1) is 13.4. The zero-order valence-electron chi connectivity index (χ0n) is 16.0. The second kappa shape index (κ2) is 8.40. The Morgan fingerprint density at radius 2 is 1.86 bits per heavy atom. The summed E-state index contributed by atoms with van der Waals surface area (Å²) in [6, 6.07) is 14.9. The number of carbonyl (C=O) groups is 2. The molecule has 0 bridgehead atoms. The molecule has 144 valence electrons. The minimum absolute atomic E-state index is 0.294. The third-order valence-corrected chi connectivity index (χ3v) is 4.83. The normalized spacial score (nSPS) is 10.7. The lowest BCUT2D eigenvalue weighted by molar-refractivity contribution is -0.133. The Balaban J connectivity index is 1.68. The van der Waals surface area contributed by atoms with E-state index >= 15 is 0 Å². The number of fused-ring (bicyclic) bond motifs is 1. The first-order valence-corrected chi connectivity index (χ1v) is 9.26. The first kappa shape index (κ1) is 19.8. The van der Waals surface area contributed by atoms with Crippen LogP contribution in [-0.2, 0) is 16.1 Å². The molecule has 0 atom stereocenters. The van der Waals surface area contributed by atoms with Gasteiger partial charge in [0.15, 0.2) is 6.61 Å². The molecular formula is C22H21ClN2O3. The zero-order valence-corrected chi connectivity index (χ0v) is 16.8. The second-order valence-corrected chi connectivity index (χ2v) is 7.11. The molecule has 6 heteroatoms. The molecule has 1 heterocycles. The van der Waals surface area contributed by atoms with E-state index in [1.54, 1.807) is 26.1 Å². The van der Waals surface area contributed by atoms with Crippen LogP contribution in [0.5, 0.6) is 0 Å². The van der Waals surface area contributed by atoms with Gasteiger partial charge in [-0.2, -0.15) is 0 Å². The Hall–Kier alpha value is -2.92. The molecule has 0 aliphatic heterocycles. The Morgan fingerprint density at radius 1 is 1.11 bits per heavy atom. The lowest BCUT2D eigenvalue weighted by Crippen LogP contribution is -2.31. The van der Waals surface area contributed by atoms with Gasteiger partial charge in [0.2, 0.25) is 0 Å². The van der Waals surface area contributed by atoms with Crippen molar-refractivity contribution in [3.05, 3.63) is 75.9 Å². The van der Waals surface area contributed by atoms with E-state index in [2.05, 4.69) is 4.98 Å². The highest BCUT2D eigenvalue weighted by atomic mass is 35.5. The number of halogens is 1. The van der Waals surface area contributed by atoms with Gasteiger partial charge >= 0.3 is 5.97 Å². The maximum Gasteiger partial charge on any atom is 0.340 e. The molecule has 0 aliphatic rings. The van der Waals surface area contributed by atoms with Crippen molar-refractivity contribution in [2.24, 2.45) is 0 Å². The number of hydrogen-bond donors (Lipinski definition) is 0. The van der Waals surface area contributed by atoms with Crippen LogP contribution in [-0.4, -0.2) is 35.4 Å². The van der Waals surface area contributed by atoms with Gasteiger partial charge in [0.1, 0.15) is 0 Å². The predicted molar refractivity (Wildman–Crippen MR) is 109 cm³/mol. The lowest BCUT2D eigenvalue weighted by Gasteiger charge is -2.18. The summed E-state index contributed by atoms with van der Waals surface area (Å²) in [5, 5.41) is 1.50. The van der Waals surface area contributed by atoms with E-state index in [1.807, 2.05) is 43.3 Å². The fourth-order valence-corrected chi connectivity index (χ4v) is 3.35. The topological polar surface area (TPSA) is 59.5 Å². The molecule has 3 rings (SSSR count). The Bertz CT molecular complexity index is 1050. The first-order valence-electron chi connectivity index (χ1n) is 8.88. The third-order valence-electron chi connectivity index (χ3n) is 4.60. The molecule has 0 unspecified atom stereocenters. The van der Waals surface area contributed by atoms with Gasteiger partial charge in [-0.15, -0.1) is 0 Å².